The quantitative estimate of drug-likeness (QED) is 0.195. The number of hydrogen-bond acceptors (Lipinski definition) is 5. The Labute approximate surface area is 245 Å². The molecule has 5 rings (SSSR count). The van der Waals surface area contributed by atoms with E-state index in [-0.39, 0.29) is 23.0 Å². The number of carbonyl (C=O) groups is 4. The second-order valence-corrected chi connectivity index (χ2v) is 9.61. The number of urea groups is 1. The first-order valence-electron chi connectivity index (χ1n) is 12.3. The summed E-state index contributed by atoms with van der Waals surface area (Å²) in [5.74, 6) is -1.76. The third kappa shape index (κ3) is 5.99. The highest BCUT2D eigenvalue weighted by atomic mass is 35.5. The van der Waals surface area contributed by atoms with Crippen molar-refractivity contribution in [1.82, 2.24) is 0 Å². The lowest BCUT2D eigenvalue weighted by molar-refractivity contribution is -0.121. The van der Waals surface area contributed by atoms with Crippen LogP contribution in [0.3, 0.4) is 0 Å². The van der Waals surface area contributed by atoms with Crippen molar-refractivity contribution in [2.75, 3.05) is 21.7 Å². The van der Waals surface area contributed by atoms with Crippen LogP contribution in [0, 0.1) is 0 Å². The Morgan fingerprint density at radius 2 is 1.29 bits per heavy atom. The number of amides is 5. The van der Waals surface area contributed by atoms with Crippen LogP contribution in [0.4, 0.5) is 21.9 Å². The van der Waals surface area contributed by atoms with Gasteiger partial charge in [-0.05, 0) is 60.2 Å². The number of nitrogens with zero attached hydrogens (tertiary/aromatic N) is 2. The molecule has 5 amide bonds. The number of anilines is 3. The van der Waals surface area contributed by atoms with Crippen LogP contribution in [0.1, 0.15) is 5.56 Å². The van der Waals surface area contributed by atoms with Crippen molar-refractivity contribution in [2.45, 2.75) is 0 Å². The van der Waals surface area contributed by atoms with Crippen LogP contribution in [0.15, 0.2) is 109 Å². The van der Waals surface area contributed by atoms with E-state index < -0.39 is 23.8 Å². The Hall–Kier alpha value is -4.92. The minimum absolute atomic E-state index is 0.150. The Kier molecular flexibility index (Phi) is 8.14. The number of benzene rings is 4. The average molecular weight is 586 g/mol. The minimum atomic E-state index is -0.786. The molecule has 0 aliphatic carbocycles. The second kappa shape index (κ2) is 12.1. The molecule has 1 saturated heterocycles. The lowest BCUT2D eigenvalue weighted by atomic mass is 10.0. The van der Waals surface area contributed by atoms with Gasteiger partial charge in [-0.15, -0.1) is 0 Å². The predicted molar refractivity (Wildman–Crippen MR) is 158 cm³/mol. The third-order valence-electron chi connectivity index (χ3n) is 6.05. The van der Waals surface area contributed by atoms with Gasteiger partial charge in [0, 0.05) is 0 Å². The summed E-state index contributed by atoms with van der Waals surface area (Å²) >= 11 is 12.5. The van der Waals surface area contributed by atoms with Gasteiger partial charge in [0.2, 0.25) is 0 Å². The summed E-state index contributed by atoms with van der Waals surface area (Å²) in [7, 11) is 0. The number of imide groups is 2. The minimum Gasteiger partial charge on any atom is -0.482 e. The molecule has 41 heavy (non-hydrogen) atoms. The van der Waals surface area contributed by atoms with E-state index in [0.29, 0.717) is 27.6 Å². The number of halogens is 2. The van der Waals surface area contributed by atoms with E-state index in [1.807, 2.05) is 0 Å². The van der Waals surface area contributed by atoms with Crippen LogP contribution >= 0.6 is 23.2 Å². The van der Waals surface area contributed by atoms with Crippen molar-refractivity contribution in [3.05, 3.63) is 124 Å². The number of carbonyl (C=O) groups excluding carboxylic acids is 4. The van der Waals surface area contributed by atoms with Gasteiger partial charge in [0.05, 0.1) is 27.1 Å². The second-order valence-electron chi connectivity index (χ2n) is 8.80. The summed E-state index contributed by atoms with van der Waals surface area (Å²) in [6.45, 7) is -0.331. The molecule has 0 atom stereocenters. The number of ether oxygens (including phenoxy) is 1. The fourth-order valence-electron chi connectivity index (χ4n) is 4.12. The van der Waals surface area contributed by atoms with Gasteiger partial charge in [0.1, 0.15) is 11.3 Å². The SMILES string of the molecule is O=C(COc1ccc(C=C2C(=O)N(c3ccccc3)C(=O)N(c3ccccc3)C2=O)cc1Cl)Nc1ccccc1Cl. The normalized spacial score (nSPS) is 13.3. The summed E-state index contributed by atoms with van der Waals surface area (Å²) in [5, 5.41) is 3.19. The maximum Gasteiger partial charge on any atom is 0.343 e. The molecule has 204 valence electrons. The molecule has 1 fully saturated rings. The summed E-state index contributed by atoms with van der Waals surface area (Å²) in [5.41, 5.74) is 1.26. The van der Waals surface area contributed by atoms with Crippen molar-refractivity contribution in [3.8, 4) is 5.75 Å². The van der Waals surface area contributed by atoms with E-state index in [0.717, 1.165) is 9.80 Å². The number of nitrogens with one attached hydrogen (secondary N) is 1. The van der Waals surface area contributed by atoms with E-state index in [4.69, 9.17) is 27.9 Å². The van der Waals surface area contributed by atoms with Gasteiger partial charge in [0.15, 0.2) is 6.61 Å². The molecule has 1 heterocycles. The van der Waals surface area contributed by atoms with Crippen LogP contribution in [0.5, 0.6) is 5.75 Å². The summed E-state index contributed by atoms with van der Waals surface area (Å²) in [4.78, 5) is 54.7. The Morgan fingerprint density at radius 1 is 0.732 bits per heavy atom. The average Bonchev–Trinajstić information content (AvgIpc) is 2.97. The molecular formula is C31H21Cl2N3O5. The lowest BCUT2D eigenvalue weighted by Gasteiger charge is -2.33. The largest absolute Gasteiger partial charge is 0.482 e. The van der Waals surface area contributed by atoms with Crippen molar-refractivity contribution in [2.24, 2.45) is 0 Å². The molecule has 4 aromatic carbocycles. The van der Waals surface area contributed by atoms with Crippen LogP contribution < -0.4 is 19.9 Å². The van der Waals surface area contributed by atoms with Crippen LogP contribution in [0.2, 0.25) is 10.0 Å². The molecule has 10 heteroatoms. The maximum atomic E-state index is 13.5. The maximum absolute atomic E-state index is 13.5. The Balaban J connectivity index is 1.40. The number of rotatable bonds is 7. The van der Waals surface area contributed by atoms with Crippen molar-refractivity contribution in [1.29, 1.82) is 0 Å². The van der Waals surface area contributed by atoms with Gasteiger partial charge < -0.3 is 10.1 Å². The van der Waals surface area contributed by atoms with E-state index in [1.54, 1.807) is 91.0 Å². The monoisotopic (exact) mass is 585 g/mol. The Morgan fingerprint density at radius 3 is 1.85 bits per heavy atom. The third-order valence-corrected chi connectivity index (χ3v) is 6.68. The van der Waals surface area contributed by atoms with Crippen LogP contribution in [-0.4, -0.2) is 30.4 Å². The molecule has 0 radical (unpaired) electrons. The first kappa shape index (κ1) is 27.6. The highest BCUT2D eigenvalue weighted by Gasteiger charge is 2.43. The zero-order chi connectivity index (χ0) is 28.9. The molecule has 1 aliphatic rings. The van der Waals surface area contributed by atoms with E-state index >= 15 is 0 Å². The molecular weight excluding hydrogens is 565 g/mol. The van der Waals surface area contributed by atoms with Gasteiger partial charge in [-0.1, -0.05) is 77.8 Å². The number of hydrogen-bond donors (Lipinski definition) is 1. The molecule has 1 N–H and O–H groups in total. The smallest absolute Gasteiger partial charge is 0.343 e. The Bertz CT molecular complexity index is 1610. The predicted octanol–water partition coefficient (Wildman–Crippen LogP) is 6.59. The van der Waals surface area contributed by atoms with E-state index in [9.17, 15) is 19.2 Å². The van der Waals surface area contributed by atoms with Gasteiger partial charge in [-0.3, -0.25) is 14.4 Å². The van der Waals surface area contributed by atoms with E-state index in [1.165, 1.54) is 18.2 Å². The molecule has 0 bridgehead atoms. The summed E-state index contributed by atoms with van der Waals surface area (Å²) in [6.07, 6.45) is 1.36. The zero-order valence-corrected chi connectivity index (χ0v) is 22.8. The van der Waals surface area contributed by atoms with Gasteiger partial charge in [-0.25, -0.2) is 14.6 Å². The van der Waals surface area contributed by atoms with Crippen molar-refractivity contribution in [3.63, 3.8) is 0 Å². The standard InChI is InChI=1S/C31H21Cl2N3O5/c32-24-13-7-8-14-26(24)34-28(37)19-41-27-16-15-20(18-25(27)33)17-23-29(38)35(21-9-3-1-4-10-21)31(40)36(30(23)39)22-11-5-2-6-12-22/h1-18H,19H2,(H,34,37). The molecule has 0 unspecified atom stereocenters. The van der Waals surface area contributed by atoms with Gasteiger partial charge in [-0.2, -0.15) is 0 Å². The number of para-hydroxylation sites is 3. The topological polar surface area (TPSA) is 96.0 Å². The molecule has 4 aromatic rings. The molecule has 0 saturated carbocycles. The first-order chi connectivity index (χ1) is 19.8. The van der Waals surface area contributed by atoms with Crippen LogP contribution in [0.25, 0.3) is 6.08 Å². The van der Waals surface area contributed by atoms with Gasteiger partial charge >= 0.3 is 6.03 Å². The molecule has 0 spiro atoms. The highest BCUT2D eigenvalue weighted by molar-refractivity contribution is 6.46. The zero-order valence-electron chi connectivity index (χ0n) is 21.3. The van der Waals surface area contributed by atoms with Crippen LogP contribution in [-0.2, 0) is 14.4 Å². The van der Waals surface area contributed by atoms with E-state index in [2.05, 4.69) is 5.32 Å². The highest BCUT2D eigenvalue weighted by Crippen LogP contribution is 2.31. The molecule has 8 nitrogen and oxygen atoms in total. The van der Waals surface area contributed by atoms with Crippen molar-refractivity contribution < 1.29 is 23.9 Å². The first-order valence-corrected chi connectivity index (χ1v) is 13.1. The summed E-state index contributed by atoms with van der Waals surface area (Å²) < 4.78 is 5.56. The lowest BCUT2D eigenvalue weighted by Crippen LogP contribution is -2.57. The fourth-order valence-corrected chi connectivity index (χ4v) is 4.55. The molecule has 1 aliphatic heterocycles. The number of barbiturate groups is 1. The molecule has 0 aromatic heterocycles. The van der Waals surface area contributed by atoms with Gasteiger partial charge in [0.25, 0.3) is 17.7 Å². The summed E-state index contributed by atoms with van der Waals surface area (Å²) in [6, 6.07) is 27.3. The van der Waals surface area contributed by atoms with Crippen molar-refractivity contribution >= 4 is 70.1 Å². The fraction of sp³-hybridized carbons (Fsp3) is 0.0323.